The number of aromatic nitrogens is 2. The third kappa shape index (κ3) is 3.35. The Morgan fingerprint density at radius 2 is 1.44 bits per heavy atom. The lowest BCUT2D eigenvalue weighted by Crippen LogP contribution is -2.56. The van der Waals surface area contributed by atoms with Crippen molar-refractivity contribution in [1.82, 2.24) is 20.4 Å². The van der Waals surface area contributed by atoms with E-state index in [0.717, 1.165) is 16.8 Å². The minimum absolute atomic E-state index is 0.141. The van der Waals surface area contributed by atoms with Gasteiger partial charge in [0, 0.05) is 11.8 Å². The number of carbonyl (C=O) groups excluding carboxylic acids is 3. The van der Waals surface area contributed by atoms with Crippen molar-refractivity contribution in [3.8, 4) is 16.9 Å². The van der Waals surface area contributed by atoms with Crippen molar-refractivity contribution < 1.29 is 14.4 Å². The van der Waals surface area contributed by atoms with E-state index in [0.29, 0.717) is 5.69 Å². The number of urea groups is 1. The van der Waals surface area contributed by atoms with E-state index in [2.05, 4.69) is 15.7 Å². The fraction of sp³-hybridized carbons (Fsp3) is 0.100. The molecule has 0 aliphatic carbocycles. The minimum Gasteiger partial charge on any atom is -0.277 e. The van der Waals surface area contributed by atoms with Crippen LogP contribution in [0.2, 0.25) is 0 Å². The van der Waals surface area contributed by atoms with Crippen molar-refractivity contribution in [2.24, 2.45) is 5.92 Å². The van der Waals surface area contributed by atoms with E-state index in [4.69, 9.17) is 0 Å². The maximum Gasteiger partial charge on any atom is 0.328 e. The van der Waals surface area contributed by atoms with Gasteiger partial charge in [0.1, 0.15) is 5.92 Å². The lowest BCUT2D eigenvalue weighted by molar-refractivity contribution is -0.135. The topological polar surface area (TPSA) is 93.1 Å². The predicted molar refractivity (Wildman–Crippen MR) is 97.9 cm³/mol. The first-order valence-corrected chi connectivity index (χ1v) is 8.47. The Hall–Kier alpha value is -3.74. The Morgan fingerprint density at radius 1 is 0.852 bits per heavy atom. The highest BCUT2D eigenvalue weighted by Crippen LogP contribution is 2.26. The number of nitrogens with zero attached hydrogens (tertiary/aromatic N) is 2. The van der Waals surface area contributed by atoms with Gasteiger partial charge >= 0.3 is 6.03 Å². The molecule has 134 valence electrons. The van der Waals surface area contributed by atoms with Crippen LogP contribution >= 0.6 is 0 Å². The molecule has 3 aromatic rings. The molecule has 7 heteroatoms. The second kappa shape index (κ2) is 6.87. The van der Waals surface area contributed by atoms with Gasteiger partial charge in [-0.3, -0.25) is 20.2 Å². The highest BCUT2D eigenvalue weighted by molar-refractivity contribution is 6.16. The third-order valence-electron chi connectivity index (χ3n) is 4.39. The smallest absolute Gasteiger partial charge is 0.277 e. The number of imide groups is 2. The van der Waals surface area contributed by atoms with Gasteiger partial charge in [-0.1, -0.05) is 48.5 Å². The molecule has 27 heavy (non-hydrogen) atoms. The van der Waals surface area contributed by atoms with Gasteiger partial charge in [0.15, 0.2) is 0 Å². The molecule has 2 aromatic carbocycles. The van der Waals surface area contributed by atoms with E-state index in [-0.39, 0.29) is 6.42 Å². The summed E-state index contributed by atoms with van der Waals surface area (Å²) < 4.78 is 1.72. The van der Waals surface area contributed by atoms with Crippen LogP contribution in [0.3, 0.4) is 0 Å². The fourth-order valence-electron chi connectivity index (χ4n) is 3.06. The minimum atomic E-state index is -0.987. The van der Waals surface area contributed by atoms with Crippen LogP contribution in [0.4, 0.5) is 4.79 Å². The fourth-order valence-corrected chi connectivity index (χ4v) is 3.06. The number of hydrogen-bond acceptors (Lipinski definition) is 4. The second-order valence-corrected chi connectivity index (χ2v) is 6.21. The van der Waals surface area contributed by atoms with Crippen LogP contribution in [0.25, 0.3) is 16.9 Å². The Bertz CT molecular complexity index is 992. The summed E-state index contributed by atoms with van der Waals surface area (Å²) in [7, 11) is 0. The number of nitrogens with one attached hydrogen (secondary N) is 2. The van der Waals surface area contributed by atoms with Crippen molar-refractivity contribution in [1.29, 1.82) is 0 Å². The highest BCUT2D eigenvalue weighted by Gasteiger charge is 2.35. The van der Waals surface area contributed by atoms with E-state index in [1.54, 1.807) is 4.68 Å². The molecule has 0 saturated carbocycles. The molecular formula is C20H16N4O3. The Balaban J connectivity index is 1.74. The largest absolute Gasteiger partial charge is 0.328 e. The van der Waals surface area contributed by atoms with Crippen LogP contribution in [0, 0.1) is 5.92 Å². The zero-order valence-electron chi connectivity index (χ0n) is 14.3. The van der Waals surface area contributed by atoms with Crippen LogP contribution in [-0.2, 0) is 16.0 Å². The molecule has 0 bridgehead atoms. The Kier molecular flexibility index (Phi) is 4.25. The van der Waals surface area contributed by atoms with Gasteiger partial charge in [0.05, 0.1) is 11.4 Å². The van der Waals surface area contributed by atoms with Crippen molar-refractivity contribution in [3.63, 3.8) is 0 Å². The molecule has 4 rings (SSSR count). The molecule has 1 fully saturated rings. The number of rotatable bonds is 4. The third-order valence-corrected chi connectivity index (χ3v) is 4.39. The zero-order chi connectivity index (χ0) is 18.8. The summed E-state index contributed by atoms with van der Waals surface area (Å²) in [5.41, 5.74) is 3.19. The molecule has 1 aliphatic rings. The van der Waals surface area contributed by atoms with Crippen LogP contribution < -0.4 is 10.6 Å². The lowest BCUT2D eigenvalue weighted by Gasteiger charge is -2.20. The average Bonchev–Trinajstić information content (AvgIpc) is 3.10. The van der Waals surface area contributed by atoms with Gasteiger partial charge < -0.3 is 0 Å². The monoisotopic (exact) mass is 360 g/mol. The van der Waals surface area contributed by atoms with E-state index >= 15 is 0 Å². The maximum absolute atomic E-state index is 12.1. The number of barbiturate groups is 1. The molecule has 1 aromatic heterocycles. The first kappa shape index (κ1) is 16.7. The zero-order valence-corrected chi connectivity index (χ0v) is 14.3. The highest BCUT2D eigenvalue weighted by atomic mass is 16.2. The van der Waals surface area contributed by atoms with Crippen LogP contribution in [0.5, 0.6) is 0 Å². The molecule has 4 amide bonds. The summed E-state index contributed by atoms with van der Waals surface area (Å²) in [4.78, 5) is 35.5. The summed E-state index contributed by atoms with van der Waals surface area (Å²) in [5.74, 6) is -2.19. The van der Waals surface area contributed by atoms with Gasteiger partial charge in [0.2, 0.25) is 11.8 Å². The summed E-state index contributed by atoms with van der Waals surface area (Å²) in [6, 6.07) is 18.3. The Labute approximate surface area is 155 Å². The molecule has 0 radical (unpaired) electrons. The average molecular weight is 360 g/mol. The number of amides is 4. The van der Waals surface area contributed by atoms with Gasteiger partial charge in [-0.05, 0) is 24.1 Å². The quantitative estimate of drug-likeness (QED) is 0.697. The van der Waals surface area contributed by atoms with Crippen molar-refractivity contribution in [2.75, 3.05) is 0 Å². The SMILES string of the molecule is O=C1NC(=O)C(Cc2cn(-c3ccccc3)nc2-c2ccccc2)C(=O)N1. The molecule has 7 nitrogen and oxygen atoms in total. The molecule has 0 spiro atoms. The first-order chi connectivity index (χ1) is 13.1. The molecule has 1 saturated heterocycles. The van der Waals surface area contributed by atoms with Gasteiger partial charge in [0.25, 0.3) is 0 Å². The van der Waals surface area contributed by atoms with Crippen molar-refractivity contribution in [2.45, 2.75) is 6.42 Å². The summed E-state index contributed by atoms with van der Waals surface area (Å²) in [5, 5.41) is 8.95. The Morgan fingerprint density at radius 3 is 2.07 bits per heavy atom. The van der Waals surface area contributed by atoms with Gasteiger partial charge in [-0.2, -0.15) is 5.10 Å². The summed E-state index contributed by atoms with van der Waals surface area (Å²) in [6.07, 6.45) is 1.96. The number of carbonyl (C=O) groups is 3. The van der Waals surface area contributed by atoms with Crippen LogP contribution in [-0.4, -0.2) is 27.6 Å². The van der Waals surface area contributed by atoms with E-state index in [1.165, 1.54) is 0 Å². The number of para-hydroxylation sites is 1. The van der Waals surface area contributed by atoms with Gasteiger partial charge in [-0.25, -0.2) is 9.48 Å². The van der Waals surface area contributed by atoms with Crippen LogP contribution in [0.15, 0.2) is 66.9 Å². The van der Waals surface area contributed by atoms with Gasteiger partial charge in [-0.15, -0.1) is 0 Å². The second-order valence-electron chi connectivity index (χ2n) is 6.21. The standard InChI is InChI=1S/C20H16N4O3/c25-18-16(19(26)22-20(27)21-18)11-14-12-24(15-9-5-2-6-10-15)23-17(14)13-7-3-1-4-8-13/h1-10,12,16H,11H2,(H2,21,22,25,26,27). The molecule has 0 unspecified atom stereocenters. The summed E-state index contributed by atoms with van der Waals surface area (Å²) in [6.45, 7) is 0. The van der Waals surface area contributed by atoms with E-state index in [1.807, 2.05) is 66.9 Å². The molecule has 0 atom stereocenters. The molecular weight excluding hydrogens is 344 g/mol. The normalized spacial score (nSPS) is 14.7. The number of hydrogen-bond donors (Lipinski definition) is 2. The van der Waals surface area contributed by atoms with Crippen molar-refractivity contribution >= 4 is 17.8 Å². The van der Waals surface area contributed by atoms with E-state index < -0.39 is 23.8 Å². The molecule has 2 N–H and O–H groups in total. The summed E-state index contributed by atoms with van der Waals surface area (Å²) >= 11 is 0. The maximum atomic E-state index is 12.1. The van der Waals surface area contributed by atoms with E-state index in [9.17, 15) is 14.4 Å². The number of benzene rings is 2. The lowest BCUT2D eigenvalue weighted by atomic mass is 9.95. The molecule has 1 aliphatic heterocycles. The van der Waals surface area contributed by atoms with Crippen molar-refractivity contribution in [3.05, 3.63) is 72.4 Å². The molecule has 2 heterocycles. The first-order valence-electron chi connectivity index (χ1n) is 8.47. The van der Waals surface area contributed by atoms with Crippen LogP contribution in [0.1, 0.15) is 5.56 Å². The predicted octanol–water partition coefficient (Wildman–Crippen LogP) is 2.06.